The number of hydrogen-bond donors (Lipinski definition) is 1. The van der Waals surface area contributed by atoms with Gasteiger partial charge in [-0.2, -0.15) is 0 Å². The Hall–Kier alpha value is -1.69. The largest absolute Gasteiger partial charge is 0.492 e. The minimum Gasteiger partial charge on any atom is -0.400 e. The highest BCUT2D eigenvalue weighted by Crippen LogP contribution is 2.38. The van der Waals surface area contributed by atoms with Crippen LogP contribution in [0.2, 0.25) is 0 Å². The maximum absolute atomic E-state index is 9.76. The summed E-state index contributed by atoms with van der Waals surface area (Å²) in [5, 5.41) is 12.0. The summed E-state index contributed by atoms with van der Waals surface area (Å²) in [4.78, 5) is 4.12. The molecule has 2 heterocycles. The predicted molar refractivity (Wildman–Crippen MR) is 92.9 cm³/mol. The lowest BCUT2D eigenvalue weighted by molar-refractivity contribution is 0.00578. The molecule has 1 fully saturated rings. The van der Waals surface area contributed by atoms with Gasteiger partial charge in [0.25, 0.3) is 0 Å². The van der Waals surface area contributed by atoms with E-state index in [-0.39, 0.29) is 6.61 Å². The van der Waals surface area contributed by atoms with E-state index < -0.39 is 18.3 Å². The molecule has 3 rings (SSSR count). The molecule has 1 aliphatic heterocycles. The summed E-state index contributed by atoms with van der Waals surface area (Å²) in [6.45, 7) is 7.91. The number of aliphatic hydroxyl groups is 1. The van der Waals surface area contributed by atoms with Crippen molar-refractivity contribution < 1.29 is 14.4 Å². The first-order chi connectivity index (χ1) is 10.8. The second-order valence-electron chi connectivity index (χ2n) is 6.95. The minimum absolute atomic E-state index is 0.106. The molecule has 23 heavy (non-hydrogen) atoms. The third-order valence-corrected chi connectivity index (χ3v) is 4.76. The molecule has 0 amide bonds. The third kappa shape index (κ3) is 3.04. The quantitative estimate of drug-likeness (QED) is 0.884. The van der Waals surface area contributed by atoms with Gasteiger partial charge >= 0.3 is 7.12 Å². The van der Waals surface area contributed by atoms with Crippen LogP contribution in [0.1, 0.15) is 33.3 Å². The number of benzene rings is 1. The van der Waals surface area contributed by atoms with Crippen LogP contribution in [0.4, 0.5) is 0 Å². The molecule has 4 nitrogen and oxygen atoms in total. The highest BCUT2D eigenvalue weighted by atomic mass is 16.7. The van der Waals surface area contributed by atoms with Gasteiger partial charge in [-0.3, -0.25) is 4.98 Å². The summed E-state index contributed by atoms with van der Waals surface area (Å²) in [6, 6.07) is 8.07. The van der Waals surface area contributed by atoms with Gasteiger partial charge in [0.15, 0.2) is 0 Å². The topological polar surface area (TPSA) is 51.6 Å². The molecule has 1 saturated heterocycles. The molecular formula is C18H22BNO3. The van der Waals surface area contributed by atoms with Gasteiger partial charge < -0.3 is 14.4 Å². The average molecular weight is 311 g/mol. The molecule has 0 bridgehead atoms. The summed E-state index contributed by atoms with van der Waals surface area (Å²) >= 11 is 0. The van der Waals surface area contributed by atoms with Crippen LogP contribution in [0.5, 0.6) is 0 Å². The molecule has 0 unspecified atom stereocenters. The van der Waals surface area contributed by atoms with Gasteiger partial charge in [0.2, 0.25) is 0 Å². The number of aromatic nitrogens is 1. The SMILES string of the molecule is CC1(C)OB(C(=Cc2ccc3cnccc3c2)CO)OC1(C)C. The zero-order valence-corrected chi connectivity index (χ0v) is 14.0. The Morgan fingerprint density at radius 3 is 2.48 bits per heavy atom. The number of rotatable bonds is 3. The summed E-state index contributed by atoms with van der Waals surface area (Å²) in [7, 11) is -0.530. The van der Waals surface area contributed by atoms with Gasteiger partial charge in [-0.15, -0.1) is 0 Å². The fourth-order valence-corrected chi connectivity index (χ4v) is 2.59. The number of hydrogen-bond acceptors (Lipinski definition) is 4. The van der Waals surface area contributed by atoms with Crippen LogP contribution < -0.4 is 0 Å². The molecule has 1 N–H and O–H groups in total. The first-order valence-corrected chi connectivity index (χ1v) is 7.83. The van der Waals surface area contributed by atoms with Crippen molar-refractivity contribution in [2.45, 2.75) is 38.9 Å². The van der Waals surface area contributed by atoms with Crippen molar-refractivity contribution in [3.63, 3.8) is 0 Å². The Morgan fingerprint density at radius 2 is 1.83 bits per heavy atom. The molecule has 1 aromatic heterocycles. The Balaban J connectivity index is 1.92. The molecule has 0 spiro atoms. The maximum Gasteiger partial charge on any atom is 0.492 e. The second kappa shape index (κ2) is 5.75. The minimum atomic E-state index is -0.530. The van der Waals surface area contributed by atoms with Gasteiger partial charge in [-0.1, -0.05) is 18.2 Å². The molecule has 0 aliphatic carbocycles. The van der Waals surface area contributed by atoms with Crippen LogP contribution >= 0.6 is 0 Å². The van der Waals surface area contributed by atoms with Crippen LogP contribution in [0.25, 0.3) is 16.8 Å². The van der Waals surface area contributed by atoms with E-state index in [9.17, 15) is 5.11 Å². The monoisotopic (exact) mass is 311 g/mol. The Bertz CT molecular complexity index is 739. The summed E-state index contributed by atoms with van der Waals surface area (Å²) < 4.78 is 12.0. The lowest BCUT2D eigenvalue weighted by Crippen LogP contribution is -2.41. The van der Waals surface area contributed by atoms with Crippen molar-refractivity contribution >= 4 is 24.0 Å². The second-order valence-corrected chi connectivity index (χ2v) is 6.95. The van der Waals surface area contributed by atoms with Crippen molar-refractivity contribution in [1.82, 2.24) is 4.98 Å². The summed E-state index contributed by atoms with van der Waals surface area (Å²) in [5.41, 5.74) is 0.890. The molecule has 2 aromatic rings. The van der Waals surface area contributed by atoms with E-state index in [1.165, 1.54) is 0 Å². The molecule has 120 valence electrons. The summed E-state index contributed by atoms with van der Waals surface area (Å²) in [6.07, 6.45) is 5.54. The number of fused-ring (bicyclic) bond motifs is 1. The Labute approximate surface area is 137 Å². The zero-order chi connectivity index (χ0) is 16.7. The van der Waals surface area contributed by atoms with Gasteiger partial charge in [0.1, 0.15) is 0 Å². The van der Waals surface area contributed by atoms with E-state index in [1.807, 2.05) is 58.2 Å². The molecular weight excluding hydrogens is 289 g/mol. The van der Waals surface area contributed by atoms with E-state index >= 15 is 0 Å². The smallest absolute Gasteiger partial charge is 0.400 e. The van der Waals surface area contributed by atoms with E-state index in [2.05, 4.69) is 11.1 Å². The zero-order valence-electron chi connectivity index (χ0n) is 14.0. The number of aliphatic hydroxyl groups excluding tert-OH is 1. The first kappa shape index (κ1) is 16.2. The number of pyridine rings is 1. The fraction of sp³-hybridized carbons (Fsp3) is 0.389. The average Bonchev–Trinajstić information content (AvgIpc) is 2.72. The standard InChI is InChI=1S/C18H22BNO3/c1-17(2)18(3,4)23-19(22-17)16(12-21)10-13-5-6-15-11-20-8-7-14(15)9-13/h5-11,21H,12H2,1-4H3. The van der Waals surface area contributed by atoms with Gasteiger partial charge in [0.05, 0.1) is 17.8 Å². The van der Waals surface area contributed by atoms with E-state index in [1.54, 1.807) is 6.20 Å². The van der Waals surface area contributed by atoms with Gasteiger partial charge in [-0.05, 0) is 56.2 Å². The predicted octanol–water partition coefficient (Wildman–Crippen LogP) is 3.24. The maximum atomic E-state index is 9.76. The molecule has 1 aliphatic rings. The molecule has 1 aromatic carbocycles. The van der Waals surface area contributed by atoms with Crippen LogP contribution in [0.3, 0.4) is 0 Å². The van der Waals surface area contributed by atoms with Crippen LogP contribution in [0, 0.1) is 0 Å². The highest BCUT2D eigenvalue weighted by Gasteiger charge is 2.52. The van der Waals surface area contributed by atoms with Crippen LogP contribution in [0.15, 0.2) is 42.1 Å². The molecule has 5 heteroatoms. The van der Waals surface area contributed by atoms with E-state index in [0.717, 1.165) is 21.8 Å². The summed E-state index contributed by atoms with van der Waals surface area (Å²) in [5.74, 6) is 0. The highest BCUT2D eigenvalue weighted by molar-refractivity contribution is 6.55. The normalized spacial score (nSPS) is 20.2. The lowest BCUT2D eigenvalue weighted by atomic mass is 9.77. The molecule has 0 atom stereocenters. The van der Waals surface area contributed by atoms with Gasteiger partial charge in [0, 0.05) is 17.8 Å². The first-order valence-electron chi connectivity index (χ1n) is 7.83. The third-order valence-electron chi connectivity index (χ3n) is 4.76. The van der Waals surface area contributed by atoms with Gasteiger partial charge in [-0.25, -0.2) is 0 Å². The van der Waals surface area contributed by atoms with Crippen LogP contribution in [-0.4, -0.2) is 35.0 Å². The van der Waals surface area contributed by atoms with Crippen molar-refractivity contribution in [2.75, 3.05) is 6.61 Å². The van der Waals surface area contributed by atoms with E-state index in [0.29, 0.717) is 0 Å². The van der Waals surface area contributed by atoms with Crippen molar-refractivity contribution in [3.05, 3.63) is 47.7 Å². The molecule has 0 saturated carbocycles. The van der Waals surface area contributed by atoms with Crippen molar-refractivity contribution in [2.24, 2.45) is 0 Å². The Morgan fingerprint density at radius 1 is 1.13 bits per heavy atom. The molecule has 0 radical (unpaired) electrons. The number of nitrogens with zero attached hydrogens (tertiary/aromatic N) is 1. The fourth-order valence-electron chi connectivity index (χ4n) is 2.59. The lowest BCUT2D eigenvalue weighted by Gasteiger charge is -2.32. The van der Waals surface area contributed by atoms with E-state index in [4.69, 9.17) is 9.31 Å². The Kier molecular flexibility index (Phi) is 4.04. The van der Waals surface area contributed by atoms with Crippen LogP contribution in [-0.2, 0) is 9.31 Å². The van der Waals surface area contributed by atoms with Crippen molar-refractivity contribution in [1.29, 1.82) is 0 Å². The van der Waals surface area contributed by atoms with Crippen molar-refractivity contribution in [3.8, 4) is 0 Å².